The van der Waals surface area contributed by atoms with Crippen LogP contribution in [0.5, 0.6) is 5.75 Å². The minimum atomic E-state index is 0. The smallest absolute Gasteiger partial charge is 0.224 e. The summed E-state index contributed by atoms with van der Waals surface area (Å²) in [6.07, 6.45) is 5.80. The number of hydrogen-bond acceptors (Lipinski definition) is 4. The second-order valence-electron chi connectivity index (χ2n) is 5.84. The van der Waals surface area contributed by atoms with Crippen LogP contribution in [0.4, 0.5) is 5.69 Å². The van der Waals surface area contributed by atoms with Crippen molar-refractivity contribution in [2.24, 2.45) is 4.99 Å². The van der Waals surface area contributed by atoms with Crippen LogP contribution < -0.4 is 20.7 Å². The standard InChI is InChI=1S/C18H28N4O2S.HI/c1-19-18(20-9-3-4-12-25-2)21-10-11-24-15-6-7-16-14(13-15)5-8-17(23)22-16;/h6-7,13H,3-5,8-12H2,1-2H3,(H,22,23)(H2,19,20,21);1H. The Morgan fingerprint density at radius 2 is 2.08 bits per heavy atom. The van der Waals surface area contributed by atoms with Crippen LogP contribution in [0.1, 0.15) is 24.8 Å². The molecule has 0 unspecified atom stereocenters. The fourth-order valence-electron chi connectivity index (χ4n) is 2.59. The van der Waals surface area contributed by atoms with E-state index in [1.807, 2.05) is 30.0 Å². The summed E-state index contributed by atoms with van der Waals surface area (Å²) in [5.74, 6) is 2.92. The third-order valence-electron chi connectivity index (χ3n) is 3.93. The number of carbonyl (C=O) groups excluding carboxylic acids is 1. The van der Waals surface area contributed by atoms with Crippen molar-refractivity contribution in [3.8, 4) is 5.75 Å². The average molecular weight is 492 g/mol. The number of hydrogen-bond donors (Lipinski definition) is 3. The summed E-state index contributed by atoms with van der Waals surface area (Å²) in [5, 5.41) is 9.43. The normalized spacial score (nSPS) is 13.3. The molecule has 1 heterocycles. The van der Waals surface area contributed by atoms with E-state index in [1.54, 1.807) is 7.05 Å². The third kappa shape index (κ3) is 8.03. The molecule has 0 saturated heterocycles. The van der Waals surface area contributed by atoms with E-state index < -0.39 is 0 Å². The highest BCUT2D eigenvalue weighted by molar-refractivity contribution is 14.0. The van der Waals surface area contributed by atoms with Gasteiger partial charge in [0.1, 0.15) is 12.4 Å². The highest BCUT2D eigenvalue weighted by Gasteiger charge is 2.14. The molecule has 3 N–H and O–H groups in total. The molecule has 26 heavy (non-hydrogen) atoms. The summed E-state index contributed by atoms with van der Waals surface area (Å²) in [6.45, 7) is 2.16. The van der Waals surface area contributed by atoms with Crippen molar-refractivity contribution < 1.29 is 9.53 Å². The molecule has 0 spiro atoms. The maximum Gasteiger partial charge on any atom is 0.224 e. The van der Waals surface area contributed by atoms with Crippen LogP contribution in [0.15, 0.2) is 23.2 Å². The van der Waals surface area contributed by atoms with E-state index in [-0.39, 0.29) is 29.9 Å². The predicted molar refractivity (Wildman–Crippen MR) is 121 cm³/mol. The second kappa shape index (κ2) is 13.1. The van der Waals surface area contributed by atoms with Crippen LogP contribution in [0.2, 0.25) is 0 Å². The minimum absolute atomic E-state index is 0. The topological polar surface area (TPSA) is 74.8 Å². The third-order valence-corrected chi connectivity index (χ3v) is 4.62. The first-order valence-corrected chi connectivity index (χ1v) is 10.1. The van der Waals surface area contributed by atoms with Crippen LogP contribution in [0.3, 0.4) is 0 Å². The summed E-state index contributed by atoms with van der Waals surface area (Å²) < 4.78 is 5.79. The molecule has 0 aromatic heterocycles. The van der Waals surface area contributed by atoms with Gasteiger partial charge in [-0.3, -0.25) is 9.79 Å². The van der Waals surface area contributed by atoms with Crippen LogP contribution in [0, 0.1) is 0 Å². The number of guanidine groups is 1. The maximum atomic E-state index is 11.4. The molecule has 0 bridgehead atoms. The number of rotatable bonds is 9. The average Bonchev–Trinajstić information content (AvgIpc) is 2.63. The lowest BCUT2D eigenvalue weighted by Crippen LogP contribution is -2.39. The molecule has 1 aromatic rings. The van der Waals surface area contributed by atoms with E-state index in [0.29, 0.717) is 19.6 Å². The second-order valence-corrected chi connectivity index (χ2v) is 6.83. The first kappa shape index (κ1) is 22.9. The van der Waals surface area contributed by atoms with E-state index in [9.17, 15) is 4.79 Å². The summed E-state index contributed by atoms with van der Waals surface area (Å²) in [7, 11) is 1.77. The summed E-state index contributed by atoms with van der Waals surface area (Å²) in [6, 6.07) is 5.81. The number of amides is 1. The largest absolute Gasteiger partial charge is 0.492 e. The Balaban J connectivity index is 0.00000338. The Morgan fingerprint density at radius 3 is 2.85 bits per heavy atom. The lowest BCUT2D eigenvalue weighted by atomic mass is 10.0. The number of aryl methyl sites for hydroxylation is 1. The number of thioether (sulfide) groups is 1. The first-order valence-electron chi connectivity index (χ1n) is 8.72. The molecule has 0 fully saturated rings. The van der Waals surface area contributed by atoms with Crippen LogP contribution >= 0.6 is 35.7 Å². The number of nitrogens with zero attached hydrogens (tertiary/aromatic N) is 1. The first-order chi connectivity index (χ1) is 12.2. The van der Waals surface area contributed by atoms with E-state index in [2.05, 4.69) is 27.2 Å². The van der Waals surface area contributed by atoms with Gasteiger partial charge in [0.25, 0.3) is 0 Å². The van der Waals surface area contributed by atoms with Gasteiger partial charge in [-0.05, 0) is 55.0 Å². The molecular formula is C18H29IN4O2S. The van der Waals surface area contributed by atoms with Gasteiger partial charge in [-0.15, -0.1) is 24.0 Å². The van der Waals surface area contributed by atoms with E-state index >= 15 is 0 Å². The van der Waals surface area contributed by atoms with E-state index in [4.69, 9.17) is 4.74 Å². The van der Waals surface area contributed by atoms with Gasteiger partial charge in [0, 0.05) is 25.7 Å². The van der Waals surface area contributed by atoms with Gasteiger partial charge in [0.2, 0.25) is 5.91 Å². The SMILES string of the molecule is CN=C(NCCCCSC)NCCOc1ccc2c(c1)CCC(=O)N2.I. The number of halogens is 1. The summed E-state index contributed by atoms with van der Waals surface area (Å²) in [5.41, 5.74) is 2.03. The Kier molecular flexibility index (Phi) is 11.5. The number of benzene rings is 1. The molecule has 8 heteroatoms. The lowest BCUT2D eigenvalue weighted by molar-refractivity contribution is -0.116. The Bertz CT molecular complexity index is 599. The van der Waals surface area contributed by atoms with Crippen LogP contribution in [0.25, 0.3) is 0 Å². The molecule has 2 rings (SSSR count). The Labute approximate surface area is 177 Å². The molecule has 0 radical (unpaired) electrons. The Hall–Kier alpha value is -1.16. The minimum Gasteiger partial charge on any atom is -0.492 e. The number of fused-ring (bicyclic) bond motifs is 1. The molecule has 1 aromatic carbocycles. The van der Waals surface area contributed by atoms with Gasteiger partial charge in [0.05, 0.1) is 6.54 Å². The highest BCUT2D eigenvalue weighted by atomic mass is 127. The molecule has 6 nitrogen and oxygen atoms in total. The molecule has 0 aliphatic carbocycles. The number of nitrogens with one attached hydrogen (secondary N) is 3. The van der Waals surface area contributed by atoms with Gasteiger partial charge in [0.15, 0.2) is 5.96 Å². The molecular weight excluding hydrogens is 463 g/mol. The fourth-order valence-corrected chi connectivity index (χ4v) is 3.08. The zero-order valence-electron chi connectivity index (χ0n) is 15.5. The molecule has 1 amide bonds. The van der Waals surface area contributed by atoms with Crippen molar-refractivity contribution >= 4 is 53.3 Å². The highest BCUT2D eigenvalue weighted by Crippen LogP contribution is 2.26. The molecule has 0 atom stereocenters. The van der Waals surface area contributed by atoms with Gasteiger partial charge in [-0.1, -0.05) is 0 Å². The molecule has 0 saturated carbocycles. The summed E-state index contributed by atoms with van der Waals surface area (Å²) >= 11 is 1.88. The van der Waals surface area contributed by atoms with Crippen molar-refractivity contribution in [1.82, 2.24) is 10.6 Å². The van der Waals surface area contributed by atoms with Crippen LogP contribution in [-0.4, -0.2) is 50.6 Å². The lowest BCUT2D eigenvalue weighted by Gasteiger charge is -2.18. The number of ether oxygens (including phenoxy) is 1. The number of carbonyl (C=O) groups is 1. The Morgan fingerprint density at radius 1 is 1.27 bits per heavy atom. The monoisotopic (exact) mass is 492 g/mol. The zero-order chi connectivity index (χ0) is 17.9. The maximum absolute atomic E-state index is 11.4. The van der Waals surface area contributed by atoms with Crippen molar-refractivity contribution in [1.29, 1.82) is 0 Å². The molecule has 1 aliphatic heterocycles. The number of anilines is 1. The van der Waals surface area contributed by atoms with E-state index in [0.717, 1.165) is 42.3 Å². The summed E-state index contributed by atoms with van der Waals surface area (Å²) in [4.78, 5) is 15.6. The zero-order valence-corrected chi connectivity index (χ0v) is 18.6. The fraction of sp³-hybridized carbons (Fsp3) is 0.556. The quantitative estimate of drug-likeness (QED) is 0.214. The molecule has 146 valence electrons. The van der Waals surface area contributed by atoms with Gasteiger partial charge >= 0.3 is 0 Å². The van der Waals surface area contributed by atoms with Gasteiger partial charge in [-0.25, -0.2) is 0 Å². The number of aliphatic imine (C=N–C) groups is 1. The predicted octanol–water partition coefficient (Wildman–Crippen LogP) is 2.88. The van der Waals surface area contributed by atoms with Gasteiger partial charge in [-0.2, -0.15) is 11.8 Å². The van der Waals surface area contributed by atoms with Crippen molar-refractivity contribution in [3.63, 3.8) is 0 Å². The number of unbranched alkanes of at least 4 members (excludes halogenated alkanes) is 1. The van der Waals surface area contributed by atoms with Crippen LogP contribution in [-0.2, 0) is 11.2 Å². The van der Waals surface area contributed by atoms with Crippen molar-refractivity contribution in [2.75, 3.05) is 44.1 Å². The van der Waals surface area contributed by atoms with Gasteiger partial charge < -0.3 is 20.7 Å². The van der Waals surface area contributed by atoms with E-state index in [1.165, 1.54) is 12.2 Å². The van der Waals surface area contributed by atoms with Crippen molar-refractivity contribution in [3.05, 3.63) is 23.8 Å². The molecule has 1 aliphatic rings. The van der Waals surface area contributed by atoms with Crippen molar-refractivity contribution in [2.45, 2.75) is 25.7 Å².